The van der Waals surface area contributed by atoms with Crippen molar-refractivity contribution in [1.29, 1.82) is 0 Å². The summed E-state index contributed by atoms with van der Waals surface area (Å²) in [5.41, 5.74) is 6.52. The van der Waals surface area contributed by atoms with Crippen molar-refractivity contribution >= 4 is 0 Å². The molecule has 20 heavy (non-hydrogen) atoms. The molecule has 2 rings (SSSR count). The molecule has 0 spiro atoms. The highest BCUT2D eigenvalue weighted by molar-refractivity contribution is 4.93. The molecular formula is C9H10FN5O5. The molecule has 0 radical (unpaired) electrons. The number of aliphatic hydroxyl groups is 1. The van der Waals surface area contributed by atoms with E-state index in [0.717, 1.165) is 16.8 Å². The molecule has 1 fully saturated rings. The predicted molar refractivity (Wildman–Crippen MR) is 61.2 cm³/mol. The molecule has 0 aliphatic carbocycles. The first-order valence-electron chi connectivity index (χ1n) is 5.50. The standard InChI is InChI=1S/C9H10FN5O5/c10-6-7(17)4(3-19-14-13-11)20-8(6)15-2-1-5(16)12-9(15)18/h1-2,4,6-8,17H,3H2,(H,12,16,18)/t4-,6-,7-,8-/m1/s1. The zero-order chi connectivity index (χ0) is 14.7. The number of halogens is 1. The van der Waals surface area contributed by atoms with Crippen molar-refractivity contribution in [1.82, 2.24) is 9.55 Å². The van der Waals surface area contributed by atoms with Crippen LogP contribution in [0, 0.1) is 0 Å². The number of H-pyrrole nitrogens is 1. The van der Waals surface area contributed by atoms with Gasteiger partial charge in [0.15, 0.2) is 12.4 Å². The van der Waals surface area contributed by atoms with Crippen LogP contribution in [0.4, 0.5) is 4.39 Å². The van der Waals surface area contributed by atoms with E-state index in [2.05, 4.69) is 15.0 Å². The van der Waals surface area contributed by atoms with Gasteiger partial charge >= 0.3 is 5.69 Å². The molecule has 1 aliphatic rings. The summed E-state index contributed by atoms with van der Waals surface area (Å²) in [6.45, 7) is -0.375. The molecule has 0 aromatic carbocycles. The van der Waals surface area contributed by atoms with E-state index in [0.29, 0.717) is 0 Å². The minimum absolute atomic E-state index is 0.375. The van der Waals surface area contributed by atoms with Crippen LogP contribution in [0.2, 0.25) is 0 Å². The second-order valence-electron chi connectivity index (χ2n) is 3.98. The monoisotopic (exact) mass is 287 g/mol. The van der Waals surface area contributed by atoms with Gasteiger partial charge in [0, 0.05) is 17.2 Å². The van der Waals surface area contributed by atoms with E-state index in [1.54, 1.807) is 0 Å². The van der Waals surface area contributed by atoms with Gasteiger partial charge in [-0.25, -0.2) is 9.18 Å². The minimum Gasteiger partial charge on any atom is -0.431 e. The predicted octanol–water partition coefficient (Wildman–Crippen LogP) is -0.625. The first-order valence-corrected chi connectivity index (χ1v) is 5.50. The summed E-state index contributed by atoms with van der Waals surface area (Å²) in [6, 6.07) is 1.02. The average Bonchev–Trinajstić information content (AvgIpc) is 2.68. The van der Waals surface area contributed by atoms with Gasteiger partial charge in [0.25, 0.3) is 5.56 Å². The summed E-state index contributed by atoms with van der Waals surface area (Å²) in [6.07, 6.45) is -4.93. The Hall–Kier alpha value is -2.36. The normalized spacial score (nSPS) is 28.9. The second-order valence-corrected chi connectivity index (χ2v) is 3.98. The molecule has 0 amide bonds. The smallest absolute Gasteiger partial charge is 0.330 e. The average molecular weight is 287 g/mol. The molecule has 0 unspecified atom stereocenters. The van der Waals surface area contributed by atoms with Crippen LogP contribution < -0.4 is 11.2 Å². The van der Waals surface area contributed by atoms with Gasteiger partial charge in [-0.2, -0.15) is 0 Å². The fourth-order valence-electron chi connectivity index (χ4n) is 1.83. The molecule has 11 heteroatoms. The Morgan fingerprint density at radius 2 is 2.40 bits per heavy atom. The Kier molecular flexibility index (Phi) is 4.03. The maximum Gasteiger partial charge on any atom is 0.330 e. The van der Waals surface area contributed by atoms with Gasteiger partial charge in [0.1, 0.15) is 24.1 Å². The maximum absolute atomic E-state index is 13.9. The van der Waals surface area contributed by atoms with E-state index in [9.17, 15) is 19.1 Å². The van der Waals surface area contributed by atoms with Gasteiger partial charge in [-0.3, -0.25) is 14.3 Å². The topological polar surface area (TPSA) is 142 Å². The van der Waals surface area contributed by atoms with Crippen LogP contribution in [0.1, 0.15) is 6.23 Å². The number of rotatable bonds is 4. The quantitative estimate of drug-likeness (QED) is 0.328. The summed E-state index contributed by atoms with van der Waals surface area (Å²) in [5, 5.41) is 12.4. The largest absolute Gasteiger partial charge is 0.431 e. The molecule has 0 saturated carbocycles. The highest BCUT2D eigenvalue weighted by Crippen LogP contribution is 2.30. The lowest BCUT2D eigenvalue weighted by Crippen LogP contribution is -2.35. The van der Waals surface area contributed by atoms with Gasteiger partial charge in [0.2, 0.25) is 0 Å². The molecule has 108 valence electrons. The van der Waals surface area contributed by atoms with Crippen molar-refractivity contribution in [3.63, 3.8) is 0 Å². The lowest BCUT2D eigenvalue weighted by atomic mass is 10.1. The van der Waals surface area contributed by atoms with Gasteiger partial charge in [-0.15, -0.1) is 0 Å². The van der Waals surface area contributed by atoms with E-state index in [1.807, 2.05) is 4.98 Å². The van der Waals surface area contributed by atoms with Crippen LogP contribution >= 0.6 is 0 Å². The molecule has 1 aromatic heterocycles. The van der Waals surface area contributed by atoms with Crippen LogP contribution in [-0.4, -0.2) is 39.6 Å². The summed E-state index contributed by atoms with van der Waals surface area (Å²) in [5.74, 6) is 0. The molecule has 4 atom stereocenters. The molecule has 0 bridgehead atoms. The molecule has 2 heterocycles. The van der Waals surface area contributed by atoms with E-state index < -0.39 is 35.9 Å². The number of ether oxygens (including phenoxy) is 1. The number of aromatic nitrogens is 2. The number of alkyl halides is 1. The van der Waals surface area contributed by atoms with E-state index in [1.165, 1.54) is 0 Å². The first kappa shape index (κ1) is 14.1. The lowest BCUT2D eigenvalue weighted by molar-refractivity contribution is -0.0656. The van der Waals surface area contributed by atoms with E-state index >= 15 is 0 Å². The molecule has 10 nitrogen and oxygen atoms in total. The molecular weight excluding hydrogens is 277 g/mol. The molecule has 1 aliphatic heterocycles. The molecule has 1 aromatic rings. The zero-order valence-corrected chi connectivity index (χ0v) is 9.92. The fraction of sp³-hybridized carbons (Fsp3) is 0.556. The number of hydrogen-bond acceptors (Lipinski definition) is 6. The molecule has 2 N–H and O–H groups in total. The Labute approximate surface area is 109 Å². The van der Waals surface area contributed by atoms with Gasteiger partial charge in [0.05, 0.1) is 0 Å². The third-order valence-electron chi connectivity index (χ3n) is 2.75. The van der Waals surface area contributed by atoms with Crippen molar-refractivity contribution in [2.24, 2.45) is 5.28 Å². The van der Waals surface area contributed by atoms with Gasteiger partial charge in [-0.1, -0.05) is 0 Å². The van der Waals surface area contributed by atoms with Crippen molar-refractivity contribution in [3.05, 3.63) is 43.5 Å². The lowest BCUT2D eigenvalue weighted by Gasteiger charge is -2.15. The SMILES string of the molecule is [N-]=[N+]=NOC[C@H]1O[C@@H](n2ccc(=O)[nH]c2=O)[C@H](F)[C@@H]1O. The first-order chi connectivity index (χ1) is 9.54. The molecule has 1 saturated heterocycles. The number of aromatic amines is 1. The number of nitrogens with one attached hydrogen (secondary N) is 1. The number of nitrogens with zero attached hydrogens (tertiary/aromatic N) is 4. The van der Waals surface area contributed by atoms with Crippen LogP contribution in [0.15, 0.2) is 27.1 Å². The van der Waals surface area contributed by atoms with Gasteiger partial charge in [-0.05, 0) is 5.53 Å². The van der Waals surface area contributed by atoms with Crippen LogP contribution in [0.5, 0.6) is 0 Å². The van der Waals surface area contributed by atoms with Crippen LogP contribution in [0.25, 0.3) is 10.4 Å². The minimum atomic E-state index is -1.90. The maximum atomic E-state index is 13.9. The van der Waals surface area contributed by atoms with Crippen LogP contribution in [0.3, 0.4) is 0 Å². The van der Waals surface area contributed by atoms with E-state index in [4.69, 9.17) is 10.3 Å². The third kappa shape index (κ3) is 2.64. The number of azide groups is 1. The van der Waals surface area contributed by atoms with Crippen molar-refractivity contribution in [2.45, 2.75) is 24.6 Å². The Balaban J connectivity index is 2.19. The third-order valence-corrected chi connectivity index (χ3v) is 2.75. The van der Waals surface area contributed by atoms with Crippen molar-refractivity contribution in [2.75, 3.05) is 6.61 Å². The second kappa shape index (κ2) is 5.74. The summed E-state index contributed by atoms with van der Waals surface area (Å²) in [4.78, 5) is 31.1. The number of hydrogen-bond donors (Lipinski definition) is 2. The van der Waals surface area contributed by atoms with E-state index in [-0.39, 0.29) is 6.61 Å². The van der Waals surface area contributed by atoms with Crippen LogP contribution in [-0.2, 0) is 9.57 Å². The Bertz CT molecular complexity index is 638. The fourth-order valence-corrected chi connectivity index (χ4v) is 1.83. The highest BCUT2D eigenvalue weighted by Gasteiger charge is 2.45. The zero-order valence-electron chi connectivity index (χ0n) is 9.92. The Morgan fingerprint density at radius 1 is 1.65 bits per heavy atom. The Morgan fingerprint density at radius 3 is 3.05 bits per heavy atom. The summed E-state index contributed by atoms with van der Waals surface area (Å²) < 4.78 is 19.9. The van der Waals surface area contributed by atoms with Crippen molar-refractivity contribution < 1.29 is 19.1 Å². The summed E-state index contributed by atoms with van der Waals surface area (Å²) in [7, 11) is 0. The number of aliphatic hydroxyl groups excluding tert-OH is 1. The van der Waals surface area contributed by atoms with Gasteiger partial charge < -0.3 is 14.7 Å². The van der Waals surface area contributed by atoms with Crippen molar-refractivity contribution in [3.8, 4) is 0 Å². The summed E-state index contributed by atoms with van der Waals surface area (Å²) >= 11 is 0. The highest BCUT2D eigenvalue weighted by atomic mass is 19.1.